The molecule has 2 nitrogen and oxygen atoms in total. The van der Waals surface area contributed by atoms with E-state index in [-0.39, 0.29) is 6.67 Å². The van der Waals surface area contributed by atoms with Gasteiger partial charge in [0, 0.05) is 12.2 Å². The fourth-order valence-electron chi connectivity index (χ4n) is 2.09. The summed E-state index contributed by atoms with van der Waals surface area (Å²) in [5.74, 6) is 1.06. The van der Waals surface area contributed by atoms with Gasteiger partial charge in [0.25, 0.3) is 0 Å². The molecule has 1 aromatic heterocycles. The number of hydrogen-bond acceptors (Lipinski definition) is 2. The molecule has 1 aliphatic rings. The second-order valence-electron chi connectivity index (χ2n) is 4.34. The van der Waals surface area contributed by atoms with Gasteiger partial charge in [0.05, 0.1) is 6.67 Å². The van der Waals surface area contributed by atoms with Crippen molar-refractivity contribution in [2.45, 2.75) is 38.5 Å². The third kappa shape index (κ3) is 2.94. The minimum atomic E-state index is -0.195. The number of pyridine rings is 1. The number of anilines is 1. The van der Waals surface area contributed by atoms with Gasteiger partial charge in [0.15, 0.2) is 0 Å². The summed E-state index contributed by atoms with van der Waals surface area (Å²) in [6.45, 7) is 0.838. The highest BCUT2D eigenvalue weighted by atomic mass is 19.1. The molecule has 2 rings (SSSR count). The van der Waals surface area contributed by atoms with Gasteiger partial charge < -0.3 is 5.32 Å². The maximum atomic E-state index is 11.9. The molecule has 0 amide bonds. The van der Waals surface area contributed by atoms with Crippen molar-refractivity contribution in [3.05, 3.63) is 23.4 Å². The van der Waals surface area contributed by atoms with E-state index < -0.39 is 0 Å². The summed E-state index contributed by atoms with van der Waals surface area (Å²) < 4.78 is 11.9. The molecule has 1 aromatic rings. The van der Waals surface area contributed by atoms with Gasteiger partial charge in [0.2, 0.25) is 0 Å². The highest BCUT2D eigenvalue weighted by Gasteiger charge is 2.09. The Hall–Kier alpha value is -1.12. The van der Waals surface area contributed by atoms with Crippen molar-refractivity contribution in [1.82, 2.24) is 4.98 Å². The van der Waals surface area contributed by atoms with Crippen LogP contribution >= 0.6 is 0 Å². The van der Waals surface area contributed by atoms with Gasteiger partial charge in [-0.3, -0.25) is 4.39 Å². The summed E-state index contributed by atoms with van der Waals surface area (Å²) in [6.07, 6.45) is 5.98. The number of aromatic nitrogens is 1. The maximum absolute atomic E-state index is 11.9. The Labute approximate surface area is 96.3 Å². The van der Waals surface area contributed by atoms with Gasteiger partial charge in [-0.25, -0.2) is 4.98 Å². The predicted molar refractivity (Wildman–Crippen MR) is 64.6 cm³/mol. The smallest absolute Gasteiger partial charge is 0.129 e. The summed E-state index contributed by atoms with van der Waals surface area (Å²) >= 11 is 0. The Balaban J connectivity index is 1.90. The molecular weight excluding hydrogens is 203 g/mol. The molecule has 0 aromatic carbocycles. The van der Waals surface area contributed by atoms with Crippen LogP contribution < -0.4 is 5.32 Å². The van der Waals surface area contributed by atoms with Crippen LogP contribution in [0.3, 0.4) is 0 Å². The molecule has 0 spiro atoms. The zero-order valence-corrected chi connectivity index (χ0v) is 9.64. The van der Waals surface area contributed by atoms with Crippen molar-refractivity contribution < 1.29 is 4.39 Å². The Morgan fingerprint density at radius 2 is 2.19 bits per heavy atom. The lowest BCUT2D eigenvalue weighted by atomic mass is 10.1. The van der Waals surface area contributed by atoms with Crippen LogP contribution in [0.2, 0.25) is 0 Å². The quantitative estimate of drug-likeness (QED) is 0.774. The van der Waals surface area contributed by atoms with Crippen LogP contribution in [0.4, 0.5) is 10.2 Å². The number of alkyl halides is 1. The molecule has 0 aliphatic carbocycles. The minimum absolute atomic E-state index is 0.195. The number of hydrogen-bond donors (Lipinski definition) is 1. The van der Waals surface area contributed by atoms with Crippen LogP contribution in [-0.2, 0) is 12.8 Å². The Kier molecular flexibility index (Phi) is 4.14. The second kappa shape index (κ2) is 5.83. The van der Waals surface area contributed by atoms with Crippen molar-refractivity contribution in [3.8, 4) is 0 Å². The molecule has 0 bridgehead atoms. The average Bonchev–Trinajstić information content (AvgIpc) is 2.34. The number of fused-ring (bicyclic) bond motifs is 1. The lowest BCUT2D eigenvalue weighted by Gasteiger charge is -2.17. The molecule has 88 valence electrons. The van der Waals surface area contributed by atoms with Crippen molar-refractivity contribution in [3.63, 3.8) is 0 Å². The molecule has 0 saturated heterocycles. The zero-order valence-electron chi connectivity index (χ0n) is 9.64. The first kappa shape index (κ1) is 11.4. The normalized spacial score (nSPS) is 14.3. The van der Waals surface area contributed by atoms with Crippen LogP contribution in [0.5, 0.6) is 0 Å². The van der Waals surface area contributed by atoms with E-state index in [1.165, 1.54) is 12.0 Å². The number of unbranched alkanes of at least 4 members (excludes halogenated alkanes) is 2. The molecule has 0 atom stereocenters. The first-order valence-corrected chi connectivity index (χ1v) is 6.19. The van der Waals surface area contributed by atoms with Gasteiger partial charge in [-0.05, 0) is 43.7 Å². The van der Waals surface area contributed by atoms with Crippen molar-refractivity contribution in [1.29, 1.82) is 0 Å². The highest BCUT2D eigenvalue weighted by Crippen LogP contribution is 2.20. The van der Waals surface area contributed by atoms with Crippen LogP contribution in [0.25, 0.3) is 0 Å². The number of rotatable bonds is 5. The molecule has 16 heavy (non-hydrogen) atoms. The average molecular weight is 222 g/mol. The molecule has 0 radical (unpaired) electrons. The van der Waals surface area contributed by atoms with E-state index in [1.807, 2.05) is 0 Å². The number of halogens is 1. The number of aryl methyl sites for hydroxylation is 2. The van der Waals surface area contributed by atoms with Crippen LogP contribution in [0.15, 0.2) is 12.1 Å². The SMILES string of the molecule is FCCCCCc1ccc2c(n1)NCCC2. The van der Waals surface area contributed by atoms with Crippen molar-refractivity contribution in [2.24, 2.45) is 0 Å². The molecular formula is C13H19FN2. The summed E-state index contributed by atoms with van der Waals surface area (Å²) in [7, 11) is 0. The van der Waals surface area contributed by atoms with Gasteiger partial charge >= 0.3 is 0 Å². The molecule has 0 saturated carbocycles. The Morgan fingerprint density at radius 3 is 3.06 bits per heavy atom. The van der Waals surface area contributed by atoms with Crippen LogP contribution in [-0.4, -0.2) is 18.2 Å². The van der Waals surface area contributed by atoms with E-state index in [0.29, 0.717) is 6.42 Å². The lowest BCUT2D eigenvalue weighted by molar-refractivity contribution is 0.456. The molecule has 1 N–H and O–H groups in total. The summed E-state index contributed by atoms with van der Waals surface area (Å²) in [5, 5.41) is 3.33. The fourth-order valence-corrected chi connectivity index (χ4v) is 2.09. The fraction of sp³-hybridized carbons (Fsp3) is 0.615. The third-order valence-corrected chi connectivity index (χ3v) is 3.02. The van der Waals surface area contributed by atoms with Gasteiger partial charge in [-0.1, -0.05) is 12.5 Å². The predicted octanol–water partition coefficient (Wildman–Crippen LogP) is 3.12. The first-order chi connectivity index (χ1) is 7.90. The maximum Gasteiger partial charge on any atom is 0.129 e. The second-order valence-corrected chi connectivity index (χ2v) is 4.34. The largest absolute Gasteiger partial charge is 0.370 e. The highest BCUT2D eigenvalue weighted by molar-refractivity contribution is 5.46. The molecule has 0 fully saturated rings. The number of nitrogens with one attached hydrogen (secondary N) is 1. The first-order valence-electron chi connectivity index (χ1n) is 6.19. The van der Waals surface area contributed by atoms with E-state index in [0.717, 1.165) is 43.7 Å². The molecule has 2 heterocycles. The third-order valence-electron chi connectivity index (χ3n) is 3.02. The topological polar surface area (TPSA) is 24.9 Å². The Bertz CT molecular complexity index is 339. The monoisotopic (exact) mass is 222 g/mol. The van der Waals surface area contributed by atoms with E-state index in [1.54, 1.807) is 0 Å². The van der Waals surface area contributed by atoms with E-state index >= 15 is 0 Å². The lowest BCUT2D eigenvalue weighted by Crippen LogP contribution is -2.13. The number of nitrogens with zero attached hydrogens (tertiary/aromatic N) is 1. The summed E-state index contributed by atoms with van der Waals surface area (Å²) in [6, 6.07) is 4.29. The molecule has 1 aliphatic heterocycles. The van der Waals surface area contributed by atoms with Crippen molar-refractivity contribution >= 4 is 5.82 Å². The van der Waals surface area contributed by atoms with Gasteiger partial charge in [-0.2, -0.15) is 0 Å². The van der Waals surface area contributed by atoms with E-state index in [2.05, 4.69) is 22.4 Å². The summed E-state index contributed by atoms with van der Waals surface area (Å²) in [5.41, 5.74) is 2.46. The van der Waals surface area contributed by atoms with Crippen molar-refractivity contribution in [2.75, 3.05) is 18.5 Å². The standard InChI is InChI=1S/C13H19FN2/c14-9-3-1-2-6-12-8-7-11-5-4-10-15-13(11)16-12/h7-8H,1-6,9-10H2,(H,15,16). The Morgan fingerprint density at radius 1 is 1.25 bits per heavy atom. The van der Waals surface area contributed by atoms with Gasteiger partial charge in [0.1, 0.15) is 5.82 Å². The van der Waals surface area contributed by atoms with Crippen LogP contribution in [0.1, 0.15) is 36.9 Å². The minimum Gasteiger partial charge on any atom is -0.370 e. The van der Waals surface area contributed by atoms with Gasteiger partial charge in [-0.15, -0.1) is 0 Å². The molecule has 3 heteroatoms. The molecule has 0 unspecified atom stereocenters. The van der Waals surface area contributed by atoms with E-state index in [4.69, 9.17) is 0 Å². The summed E-state index contributed by atoms with van der Waals surface area (Å²) in [4.78, 5) is 4.61. The zero-order chi connectivity index (χ0) is 11.2. The van der Waals surface area contributed by atoms with E-state index in [9.17, 15) is 4.39 Å². The van der Waals surface area contributed by atoms with Crippen LogP contribution in [0, 0.1) is 0 Å².